The SMILES string of the molecule is COCCC/C=C\CCCO. The molecule has 0 aliphatic carbocycles. The molecule has 2 nitrogen and oxygen atoms in total. The van der Waals surface area contributed by atoms with Gasteiger partial charge in [-0.15, -0.1) is 0 Å². The van der Waals surface area contributed by atoms with Gasteiger partial charge in [-0.2, -0.15) is 0 Å². The summed E-state index contributed by atoms with van der Waals surface area (Å²) in [6.45, 7) is 1.13. The standard InChI is InChI=1S/C9H18O2/c1-11-9-7-5-3-2-4-6-8-10/h2-3,10H,4-9H2,1H3/b3-2-. The van der Waals surface area contributed by atoms with Gasteiger partial charge in [0.05, 0.1) is 0 Å². The van der Waals surface area contributed by atoms with Crippen molar-refractivity contribution in [1.29, 1.82) is 0 Å². The van der Waals surface area contributed by atoms with Crippen LogP contribution in [0.25, 0.3) is 0 Å². The van der Waals surface area contributed by atoms with Gasteiger partial charge in [-0.3, -0.25) is 0 Å². The first-order chi connectivity index (χ1) is 5.41. The van der Waals surface area contributed by atoms with Crippen LogP contribution >= 0.6 is 0 Å². The molecule has 0 fully saturated rings. The van der Waals surface area contributed by atoms with Gasteiger partial charge in [-0.1, -0.05) is 12.2 Å². The van der Waals surface area contributed by atoms with E-state index in [0.29, 0.717) is 6.61 Å². The topological polar surface area (TPSA) is 29.5 Å². The fourth-order valence-corrected chi connectivity index (χ4v) is 0.790. The molecule has 0 bridgehead atoms. The number of rotatable bonds is 7. The van der Waals surface area contributed by atoms with Gasteiger partial charge in [-0.05, 0) is 25.7 Å². The molecule has 11 heavy (non-hydrogen) atoms. The smallest absolute Gasteiger partial charge is 0.0465 e. The summed E-state index contributed by atoms with van der Waals surface area (Å²) in [5, 5.41) is 8.45. The number of aliphatic hydroxyl groups excluding tert-OH is 1. The van der Waals surface area contributed by atoms with Crippen LogP contribution in [-0.2, 0) is 4.74 Å². The van der Waals surface area contributed by atoms with Crippen molar-refractivity contribution in [3.63, 3.8) is 0 Å². The van der Waals surface area contributed by atoms with Crippen molar-refractivity contribution in [2.75, 3.05) is 20.3 Å². The maximum atomic E-state index is 8.45. The molecule has 0 unspecified atom stereocenters. The zero-order valence-corrected chi connectivity index (χ0v) is 7.25. The lowest BCUT2D eigenvalue weighted by molar-refractivity contribution is 0.196. The zero-order chi connectivity index (χ0) is 8.36. The van der Waals surface area contributed by atoms with Gasteiger partial charge in [0.15, 0.2) is 0 Å². The Morgan fingerprint density at radius 1 is 1.18 bits per heavy atom. The molecule has 2 heteroatoms. The first kappa shape index (κ1) is 10.7. The van der Waals surface area contributed by atoms with E-state index in [2.05, 4.69) is 12.2 Å². The van der Waals surface area contributed by atoms with E-state index in [-0.39, 0.29) is 0 Å². The summed E-state index contributed by atoms with van der Waals surface area (Å²) in [6, 6.07) is 0. The molecule has 1 N–H and O–H groups in total. The van der Waals surface area contributed by atoms with Crippen LogP contribution in [-0.4, -0.2) is 25.4 Å². The van der Waals surface area contributed by atoms with Gasteiger partial charge < -0.3 is 9.84 Å². The number of hydrogen-bond donors (Lipinski definition) is 1. The Morgan fingerprint density at radius 3 is 2.36 bits per heavy atom. The van der Waals surface area contributed by atoms with E-state index in [1.807, 2.05) is 0 Å². The third-order valence-corrected chi connectivity index (χ3v) is 1.41. The molecule has 0 aromatic heterocycles. The van der Waals surface area contributed by atoms with Crippen LogP contribution in [0.3, 0.4) is 0 Å². The summed E-state index contributed by atoms with van der Waals surface area (Å²) >= 11 is 0. The first-order valence-corrected chi connectivity index (χ1v) is 4.16. The number of methoxy groups -OCH3 is 1. The predicted octanol–water partition coefficient (Wildman–Crippen LogP) is 1.74. The third-order valence-electron chi connectivity index (χ3n) is 1.41. The summed E-state index contributed by atoms with van der Waals surface area (Å²) in [7, 11) is 1.72. The molecule has 0 heterocycles. The van der Waals surface area contributed by atoms with Crippen molar-refractivity contribution in [1.82, 2.24) is 0 Å². The summed E-state index contributed by atoms with van der Waals surface area (Å²) in [4.78, 5) is 0. The van der Waals surface area contributed by atoms with Crippen LogP contribution in [0.15, 0.2) is 12.2 Å². The monoisotopic (exact) mass is 158 g/mol. The quantitative estimate of drug-likeness (QED) is 0.452. The highest BCUT2D eigenvalue weighted by molar-refractivity contribution is 4.80. The molecule has 0 aromatic carbocycles. The average molecular weight is 158 g/mol. The summed E-state index contributed by atoms with van der Waals surface area (Å²) < 4.78 is 4.90. The third kappa shape index (κ3) is 9.66. The van der Waals surface area contributed by atoms with E-state index in [1.165, 1.54) is 0 Å². The van der Waals surface area contributed by atoms with Gasteiger partial charge >= 0.3 is 0 Å². The second-order valence-corrected chi connectivity index (χ2v) is 2.47. The fraction of sp³-hybridized carbons (Fsp3) is 0.778. The van der Waals surface area contributed by atoms with Crippen LogP contribution in [0.1, 0.15) is 25.7 Å². The molecular formula is C9H18O2. The molecule has 0 aliphatic rings. The van der Waals surface area contributed by atoms with Crippen molar-refractivity contribution >= 4 is 0 Å². The zero-order valence-electron chi connectivity index (χ0n) is 7.25. The molecule has 0 saturated heterocycles. The first-order valence-electron chi connectivity index (χ1n) is 4.16. The summed E-state index contributed by atoms with van der Waals surface area (Å²) in [5.41, 5.74) is 0. The van der Waals surface area contributed by atoms with Gasteiger partial charge in [0, 0.05) is 20.3 Å². The van der Waals surface area contributed by atoms with E-state index in [1.54, 1.807) is 7.11 Å². The number of ether oxygens (including phenoxy) is 1. The molecule has 0 atom stereocenters. The van der Waals surface area contributed by atoms with Crippen LogP contribution in [0.4, 0.5) is 0 Å². The molecule has 0 radical (unpaired) electrons. The van der Waals surface area contributed by atoms with Crippen LogP contribution < -0.4 is 0 Å². The van der Waals surface area contributed by atoms with E-state index in [0.717, 1.165) is 32.3 Å². The van der Waals surface area contributed by atoms with Crippen LogP contribution in [0, 0.1) is 0 Å². The fourth-order valence-electron chi connectivity index (χ4n) is 0.790. The van der Waals surface area contributed by atoms with Gasteiger partial charge in [0.2, 0.25) is 0 Å². The molecule has 0 amide bonds. The minimum Gasteiger partial charge on any atom is -0.396 e. The molecule has 66 valence electrons. The van der Waals surface area contributed by atoms with Crippen LogP contribution in [0.5, 0.6) is 0 Å². The highest BCUT2D eigenvalue weighted by Crippen LogP contribution is 1.94. The Kier molecular flexibility index (Phi) is 9.36. The second kappa shape index (κ2) is 9.66. The Hall–Kier alpha value is -0.340. The number of aliphatic hydroxyl groups is 1. The van der Waals surface area contributed by atoms with Crippen molar-refractivity contribution in [3.05, 3.63) is 12.2 Å². The Morgan fingerprint density at radius 2 is 1.82 bits per heavy atom. The van der Waals surface area contributed by atoms with Crippen molar-refractivity contribution < 1.29 is 9.84 Å². The predicted molar refractivity (Wildman–Crippen MR) is 46.6 cm³/mol. The minimum absolute atomic E-state index is 0.294. The molecule has 0 saturated carbocycles. The summed E-state index contributed by atoms with van der Waals surface area (Å²) in [5.74, 6) is 0. The van der Waals surface area contributed by atoms with Crippen molar-refractivity contribution in [2.45, 2.75) is 25.7 Å². The average Bonchev–Trinajstić information content (AvgIpc) is 2.03. The minimum atomic E-state index is 0.294. The lowest BCUT2D eigenvalue weighted by Gasteiger charge is -1.93. The van der Waals surface area contributed by atoms with E-state index in [9.17, 15) is 0 Å². The van der Waals surface area contributed by atoms with Crippen molar-refractivity contribution in [2.24, 2.45) is 0 Å². The lowest BCUT2D eigenvalue weighted by Crippen LogP contribution is -1.85. The summed E-state index contributed by atoms with van der Waals surface area (Å²) in [6.07, 6.45) is 8.30. The van der Waals surface area contributed by atoms with Gasteiger partial charge in [0.25, 0.3) is 0 Å². The van der Waals surface area contributed by atoms with Gasteiger partial charge in [0.1, 0.15) is 0 Å². The molecule has 0 rings (SSSR count). The molecule has 0 aromatic rings. The van der Waals surface area contributed by atoms with Gasteiger partial charge in [-0.25, -0.2) is 0 Å². The maximum Gasteiger partial charge on any atom is 0.0465 e. The lowest BCUT2D eigenvalue weighted by atomic mass is 10.2. The van der Waals surface area contributed by atoms with E-state index >= 15 is 0 Å². The Labute approximate surface area is 68.9 Å². The number of allylic oxidation sites excluding steroid dienone is 2. The highest BCUT2D eigenvalue weighted by Gasteiger charge is 1.81. The van der Waals surface area contributed by atoms with Crippen molar-refractivity contribution in [3.8, 4) is 0 Å². The molecular weight excluding hydrogens is 140 g/mol. The number of hydrogen-bond acceptors (Lipinski definition) is 2. The highest BCUT2D eigenvalue weighted by atomic mass is 16.5. The normalized spacial score (nSPS) is 11.1. The Balaban J connectivity index is 2.91. The number of unbranched alkanes of at least 4 members (excludes halogenated alkanes) is 2. The van der Waals surface area contributed by atoms with E-state index in [4.69, 9.17) is 9.84 Å². The van der Waals surface area contributed by atoms with Crippen LogP contribution in [0.2, 0.25) is 0 Å². The largest absolute Gasteiger partial charge is 0.396 e. The second-order valence-electron chi connectivity index (χ2n) is 2.47. The van der Waals surface area contributed by atoms with E-state index < -0.39 is 0 Å². The Bertz CT molecular complexity index is 89.6. The maximum absolute atomic E-state index is 8.45. The molecule has 0 spiro atoms. The molecule has 0 aliphatic heterocycles.